The minimum absolute atomic E-state index is 0. The molecule has 1 atom stereocenters. The molecule has 1 heterocycles. The quantitative estimate of drug-likeness (QED) is 0.286. The van der Waals surface area contributed by atoms with Gasteiger partial charge in [-0.15, -0.1) is 34.2 Å². The van der Waals surface area contributed by atoms with Gasteiger partial charge in [-0.3, -0.25) is 0 Å². The molecule has 32 heavy (non-hydrogen) atoms. The molecular formula is C23H34FIN6O. The molecule has 176 valence electrons. The molecule has 0 spiro atoms. The van der Waals surface area contributed by atoms with Crippen molar-refractivity contribution in [2.45, 2.75) is 71.0 Å². The highest BCUT2D eigenvalue weighted by Gasteiger charge is 2.23. The van der Waals surface area contributed by atoms with Gasteiger partial charge < -0.3 is 19.9 Å². The maximum absolute atomic E-state index is 14.5. The van der Waals surface area contributed by atoms with Gasteiger partial charge in [0.1, 0.15) is 12.4 Å². The Kier molecular flexibility index (Phi) is 8.72. The molecule has 0 saturated heterocycles. The molecule has 4 rings (SSSR count). The van der Waals surface area contributed by atoms with Gasteiger partial charge in [0.05, 0.1) is 12.6 Å². The molecule has 9 heteroatoms. The second kappa shape index (κ2) is 11.3. The zero-order chi connectivity index (χ0) is 21.8. The fourth-order valence-corrected chi connectivity index (χ4v) is 3.82. The van der Waals surface area contributed by atoms with Crippen LogP contribution >= 0.6 is 24.0 Å². The van der Waals surface area contributed by atoms with E-state index in [-0.39, 0.29) is 35.8 Å². The van der Waals surface area contributed by atoms with Gasteiger partial charge in [-0.1, -0.05) is 18.9 Å². The molecule has 0 radical (unpaired) electrons. The third kappa shape index (κ3) is 6.55. The lowest BCUT2D eigenvalue weighted by atomic mass is 10.1. The van der Waals surface area contributed by atoms with E-state index in [0.717, 1.165) is 36.0 Å². The first-order valence-electron chi connectivity index (χ1n) is 11.3. The van der Waals surface area contributed by atoms with Crippen molar-refractivity contribution in [1.82, 2.24) is 25.4 Å². The third-order valence-corrected chi connectivity index (χ3v) is 6.24. The van der Waals surface area contributed by atoms with E-state index in [4.69, 9.17) is 9.73 Å². The summed E-state index contributed by atoms with van der Waals surface area (Å²) in [5.74, 6) is 2.99. The van der Waals surface area contributed by atoms with Crippen molar-refractivity contribution in [3.8, 4) is 5.75 Å². The van der Waals surface area contributed by atoms with Gasteiger partial charge in [0, 0.05) is 13.1 Å². The summed E-state index contributed by atoms with van der Waals surface area (Å²) in [6.45, 7) is 4.96. The van der Waals surface area contributed by atoms with Crippen LogP contribution in [0.2, 0.25) is 0 Å². The van der Waals surface area contributed by atoms with Gasteiger partial charge in [-0.2, -0.15) is 0 Å². The Hall–Kier alpha value is -1.91. The molecule has 2 saturated carbocycles. The number of benzene rings is 1. The van der Waals surface area contributed by atoms with Gasteiger partial charge in [0.15, 0.2) is 23.4 Å². The fourth-order valence-electron chi connectivity index (χ4n) is 3.82. The van der Waals surface area contributed by atoms with Crippen LogP contribution in [0.5, 0.6) is 5.75 Å². The van der Waals surface area contributed by atoms with Gasteiger partial charge in [0.2, 0.25) is 0 Å². The molecule has 1 aromatic heterocycles. The number of rotatable bonds is 8. The van der Waals surface area contributed by atoms with Gasteiger partial charge in [-0.05, 0) is 63.1 Å². The summed E-state index contributed by atoms with van der Waals surface area (Å²) in [5.41, 5.74) is 0.853. The predicted octanol–water partition coefficient (Wildman–Crippen LogP) is 4.41. The predicted molar refractivity (Wildman–Crippen MR) is 134 cm³/mol. The molecule has 0 amide bonds. The standard InChI is InChI=1S/C23H33FN6O.HI/c1-15(18-10-11-21(20(24)12-18)31-14-17-8-9-17)26-23(27-19-6-4-5-7-19)25-13-22-29-28-16(2)30(22)3;/h10-12,15,17,19H,4-9,13-14H2,1-3H3,(H2,25,26,27);1H. The number of nitrogens with zero attached hydrogens (tertiary/aromatic N) is 4. The van der Waals surface area contributed by atoms with Crippen LogP contribution in [0.15, 0.2) is 23.2 Å². The van der Waals surface area contributed by atoms with E-state index in [0.29, 0.717) is 30.9 Å². The number of aromatic nitrogens is 3. The van der Waals surface area contributed by atoms with Crippen LogP contribution in [-0.2, 0) is 13.6 Å². The normalized spacial score (nSPS) is 17.7. The molecule has 2 aliphatic rings. The number of guanidine groups is 1. The molecule has 7 nitrogen and oxygen atoms in total. The Bertz CT molecular complexity index is 923. The second-order valence-corrected chi connectivity index (χ2v) is 8.82. The molecule has 2 aromatic rings. The van der Waals surface area contributed by atoms with Crippen LogP contribution in [0.3, 0.4) is 0 Å². The molecule has 1 unspecified atom stereocenters. The lowest BCUT2D eigenvalue weighted by molar-refractivity contribution is 0.285. The average Bonchev–Trinajstić information content (AvgIpc) is 3.35. The number of ether oxygens (including phenoxy) is 1. The first-order chi connectivity index (χ1) is 15.0. The Balaban J connectivity index is 0.00000289. The van der Waals surface area contributed by atoms with E-state index in [1.165, 1.54) is 25.7 Å². The Morgan fingerprint density at radius 3 is 2.62 bits per heavy atom. The van der Waals surface area contributed by atoms with Crippen LogP contribution in [0.25, 0.3) is 0 Å². The SMILES string of the molecule is Cc1nnc(CN=C(NC2CCCC2)NC(C)c2ccc(OCC3CC3)c(F)c2)n1C.I. The van der Waals surface area contributed by atoms with E-state index in [1.54, 1.807) is 12.1 Å². The van der Waals surface area contributed by atoms with Crippen LogP contribution < -0.4 is 15.4 Å². The topological polar surface area (TPSA) is 76.4 Å². The first kappa shape index (κ1) is 24.7. The molecule has 2 fully saturated rings. The third-order valence-electron chi connectivity index (χ3n) is 6.24. The molecular weight excluding hydrogens is 522 g/mol. The zero-order valence-electron chi connectivity index (χ0n) is 19.1. The van der Waals surface area contributed by atoms with Crippen LogP contribution in [-0.4, -0.2) is 33.4 Å². The lowest BCUT2D eigenvalue weighted by Crippen LogP contribution is -2.43. The Morgan fingerprint density at radius 2 is 2.00 bits per heavy atom. The number of hydrogen-bond acceptors (Lipinski definition) is 4. The number of hydrogen-bond donors (Lipinski definition) is 2. The number of aliphatic imine (C=N–C) groups is 1. The molecule has 2 N–H and O–H groups in total. The zero-order valence-corrected chi connectivity index (χ0v) is 21.4. The van der Waals surface area contributed by atoms with Gasteiger partial charge >= 0.3 is 0 Å². The largest absolute Gasteiger partial charge is 0.490 e. The van der Waals surface area contributed by atoms with Crippen molar-refractivity contribution in [1.29, 1.82) is 0 Å². The Morgan fingerprint density at radius 1 is 1.25 bits per heavy atom. The smallest absolute Gasteiger partial charge is 0.192 e. The van der Waals surface area contributed by atoms with Crippen molar-refractivity contribution in [2.75, 3.05) is 6.61 Å². The van der Waals surface area contributed by atoms with Gasteiger partial charge in [0.25, 0.3) is 0 Å². The van der Waals surface area contributed by atoms with E-state index < -0.39 is 0 Å². The second-order valence-electron chi connectivity index (χ2n) is 8.82. The minimum Gasteiger partial charge on any atom is -0.490 e. The molecule has 0 bridgehead atoms. The minimum atomic E-state index is -0.316. The average molecular weight is 556 g/mol. The molecule has 1 aromatic carbocycles. The van der Waals surface area contributed by atoms with Crippen molar-refractivity contribution < 1.29 is 9.13 Å². The summed E-state index contributed by atoms with van der Waals surface area (Å²) < 4.78 is 22.1. The maximum Gasteiger partial charge on any atom is 0.192 e. The number of halogens is 2. The summed E-state index contributed by atoms with van der Waals surface area (Å²) in [6.07, 6.45) is 7.11. The summed E-state index contributed by atoms with van der Waals surface area (Å²) >= 11 is 0. The summed E-state index contributed by atoms with van der Waals surface area (Å²) in [5, 5.41) is 15.3. The lowest BCUT2D eigenvalue weighted by Gasteiger charge is -2.22. The highest BCUT2D eigenvalue weighted by molar-refractivity contribution is 14.0. The summed E-state index contributed by atoms with van der Waals surface area (Å²) in [4.78, 5) is 4.75. The fraction of sp³-hybridized carbons (Fsp3) is 0.609. The van der Waals surface area contributed by atoms with E-state index in [2.05, 4.69) is 20.8 Å². The van der Waals surface area contributed by atoms with Crippen LogP contribution in [0.1, 0.15) is 68.7 Å². The van der Waals surface area contributed by atoms with E-state index >= 15 is 0 Å². The van der Waals surface area contributed by atoms with Crippen molar-refractivity contribution in [3.63, 3.8) is 0 Å². The number of nitrogens with one attached hydrogen (secondary N) is 2. The number of aryl methyl sites for hydroxylation is 1. The van der Waals surface area contributed by atoms with Crippen LogP contribution in [0.4, 0.5) is 4.39 Å². The van der Waals surface area contributed by atoms with Crippen molar-refractivity contribution >= 4 is 29.9 Å². The first-order valence-corrected chi connectivity index (χ1v) is 11.3. The monoisotopic (exact) mass is 556 g/mol. The summed E-state index contributed by atoms with van der Waals surface area (Å²) in [6, 6.07) is 5.51. The van der Waals surface area contributed by atoms with E-state index in [1.807, 2.05) is 31.5 Å². The summed E-state index contributed by atoms with van der Waals surface area (Å²) in [7, 11) is 1.94. The highest BCUT2D eigenvalue weighted by Crippen LogP contribution is 2.30. The Labute approximate surface area is 206 Å². The highest BCUT2D eigenvalue weighted by atomic mass is 127. The molecule has 2 aliphatic carbocycles. The van der Waals surface area contributed by atoms with Crippen molar-refractivity contribution in [3.05, 3.63) is 41.2 Å². The molecule has 0 aliphatic heterocycles. The van der Waals surface area contributed by atoms with E-state index in [9.17, 15) is 4.39 Å². The van der Waals surface area contributed by atoms with Crippen LogP contribution in [0, 0.1) is 18.7 Å². The van der Waals surface area contributed by atoms with Gasteiger partial charge in [-0.25, -0.2) is 9.38 Å². The maximum atomic E-state index is 14.5. The van der Waals surface area contributed by atoms with Crippen molar-refractivity contribution in [2.24, 2.45) is 18.0 Å².